The summed E-state index contributed by atoms with van der Waals surface area (Å²) in [5.41, 5.74) is 0.698. The first-order chi connectivity index (χ1) is 9.62. The van der Waals surface area contributed by atoms with Gasteiger partial charge >= 0.3 is 0 Å². The Kier molecular flexibility index (Phi) is 7.24. The normalized spacial score (nSPS) is 19.7. The Morgan fingerprint density at radius 3 is 1.86 bits per heavy atom. The summed E-state index contributed by atoms with van der Waals surface area (Å²) in [6.07, 6.45) is 14.8. The fourth-order valence-electron chi connectivity index (χ4n) is 3.70. The van der Waals surface area contributed by atoms with E-state index in [1.807, 2.05) is 0 Å². The largest absolute Gasteiger partial charge is 0.369 e. The Bertz CT molecular complexity index is 273. The number of hydrogen-bond acceptors (Lipinski definition) is 1. The molecule has 0 aliphatic heterocycles. The molecule has 1 nitrogen and oxygen atoms in total. The van der Waals surface area contributed by atoms with E-state index in [1.165, 1.54) is 70.6 Å². The molecule has 21 heavy (non-hydrogen) atoms. The van der Waals surface area contributed by atoms with Crippen molar-refractivity contribution in [3.63, 3.8) is 0 Å². The van der Waals surface area contributed by atoms with Crippen molar-refractivity contribution < 1.29 is 4.74 Å². The van der Waals surface area contributed by atoms with Crippen LogP contribution < -0.4 is 0 Å². The molecule has 0 heterocycles. The van der Waals surface area contributed by atoms with Crippen LogP contribution in [0.2, 0.25) is 0 Å². The fourth-order valence-corrected chi connectivity index (χ4v) is 3.70. The van der Waals surface area contributed by atoms with Crippen LogP contribution in [0.15, 0.2) is 0 Å². The van der Waals surface area contributed by atoms with E-state index in [4.69, 9.17) is 4.74 Å². The van der Waals surface area contributed by atoms with Crippen LogP contribution in [0.4, 0.5) is 0 Å². The van der Waals surface area contributed by atoms with Gasteiger partial charge in [0.2, 0.25) is 0 Å². The molecule has 1 heteroatoms. The predicted octanol–water partition coefficient (Wildman–Crippen LogP) is 6.89. The number of unbranched alkanes of at least 4 members (excludes halogenated alkanes) is 3. The maximum atomic E-state index is 6.53. The first-order valence-electron chi connectivity index (χ1n) is 9.32. The molecular formula is C20H40O. The summed E-state index contributed by atoms with van der Waals surface area (Å²) in [5.74, 6) is 0. The predicted molar refractivity (Wildman–Crippen MR) is 93.8 cm³/mol. The fraction of sp³-hybridized carbons (Fsp3) is 1.00. The highest BCUT2D eigenvalue weighted by molar-refractivity contribution is 4.87. The van der Waals surface area contributed by atoms with Crippen LogP contribution in [-0.2, 0) is 4.74 Å². The molecule has 0 aromatic rings. The van der Waals surface area contributed by atoms with Gasteiger partial charge in [0.05, 0.1) is 11.2 Å². The Hall–Kier alpha value is -0.0400. The minimum absolute atomic E-state index is 0.00355. The van der Waals surface area contributed by atoms with Crippen LogP contribution in [-0.4, -0.2) is 11.2 Å². The second-order valence-electron chi connectivity index (χ2n) is 9.43. The molecular weight excluding hydrogens is 256 g/mol. The van der Waals surface area contributed by atoms with E-state index in [0.29, 0.717) is 5.41 Å². The first kappa shape index (κ1) is 19.0. The van der Waals surface area contributed by atoms with Gasteiger partial charge < -0.3 is 4.74 Å². The maximum absolute atomic E-state index is 6.53. The molecule has 1 aliphatic rings. The molecule has 0 N–H and O–H groups in total. The highest BCUT2D eigenvalue weighted by Gasteiger charge is 2.35. The van der Waals surface area contributed by atoms with Gasteiger partial charge in [-0.15, -0.1) is 0 Å². The topological polar surface area (TPSA) is 9.23 Å². The van der Waals surface area contributed by atoms with Gasteiger partial charge in [-0.2, -0.15) is 0 Å². The maximum Gasteiger partial charge on any atom is 0.0689 e. The standard InChI is InChI=1S/C20H40O/c1-18(2,3)14-10-7-8-11-15-20(21-19(4,5)6)16-12-9-13-17-20/h7-17H2,1-6H3. The first-order valence-corrected chi connectivity index (χ1v) is 9.32. The van der Waals surface area contributed by atoms with Gasteiger partial charge in [-0.1, -0.05) is 65.7 Å². The van der Waals surface area contributed by atoms with Crippen molar-refractivity contribution in [2.45, 2.75) is 123 Å². The third kappa shape index (κ3) is 8.86. The Labute approximate surface area is 134 Å². The highest BCUT2D eigenvalue weighted by atomic mass is 16.5. The van der Waals surface area contributed by atoms with Crippen LogP contribution in [0.3, 0.4) is 0 Å². The summed E-state index contributed by atoms with van der Waals surface area (Å²) >= 11 is 0. The molecule has 0 spiro atoms. The molecule has 0 atom stereocenters. The van der Waals surface area contributed by atoms with Crippen molar-refractivity contribution in [2.24, 2.45) is 5.41 Å². The number of rotatable bonds is 7. The van der Waals surface area contributed by atoms with E-state index in [-0.39, 0.29) is 11.2 Å². The highest BCUT2D eigenvalue weighted by Crippen LogP contribution is 2.39. The lowest BCUT2D eigenvalue weighted by Crippen LogP contribution is -2.41. The molecule has 0 unspecified atom stereocenters. The summed E-state index contributed by atoms with van der Waals surface area (Å²) in [6.45, 7) is 13.7. The van der Waals surface area contributed by atoms with E-state index in [0.717, 1.165) is 0 Å². The SMILES string of the molecule is CC(C)(C)CCCCCCC1(OC(C)(C)C)CCCCC1. The number of hydrogen-bond donors (Lipinski definition) is 0. The van der Waals surface area contributed by atoms with Crippen LogP contribution in [0.25, 0.3) is 0 Å². The van der Waals surface area contributed by atoms with Gasteiger partial charge in [0.25, 0.3) is 0 Å². The Morgan fingerprint density at radius 2 is 1.33 bits per heavy atom. The van der Waals surface area contributed by atoms with E-state index in [9.17, 15) is 0 Å². The van der Waals surface area contributed by atoms with Gasteiger partial charge in [0.1, 0.15) is 0 Å². The number of ether oxygens (including phenoxy) is 1. The summed E-state index contributed by atoms with van der Waals surface area (Å²) in [5, 5.41) is 0. The summed E-state index contributed by atoms with van der Waals surface area (Å²) < 4.78 is 6.53. The van der Waals surface area contributed by atoms with Crippen molar-refractivity contribution in [3.8, 4) is 0 Å². The lowest BCUT2D eigenvalue weighted by molar-refractivity contribution is -0.153. The van der Waals surface area contributed by atoms with Crippen molar-refractivity contribution in [2.75, 3.05) is 0 Å². The molecule has 1 fully saturated rings. The smallest absolute Gasteiger partial charge is 0.0689 e. The van der Waals surface area contributed by atoms with E-state index in [1.54, 1.807) is 0 Å². The van der Waals surface area contributed by atoms with Crippen LogP contribution in [0.1, 0.15) is 112 Å². The summed E-state index contributed by atoms with van der Waals surface area (Å²) in [7, 11) is 0. The van der Waals surface area contributed by atoms with Crippen molar-refractivity contribution in [1.29, 1.82) is 0 Å². The van der Waals surface area contributed by atoms with Crippen LogP contribution in [0.5, 0.6) is 0 Å². The second kappa shape index (κ2) is 7.99. The average Bonchev–Trinajstić information content (AvgIpc) is 2.31. The molecule has 1 aliphatic carbocycles. The van der Waals surface area contributed by atoms with E-state index < -0.39 is 0 Å². The zero-order chi connectivity index (χ0) is 16.0. The third-order valence-corrected chi connectivity index (χ3v) is 4.60. The minimum Gasteiger partial charge on any atom is -0.369 e. The van der Waals surface area contributed by atoms with E-state index in [2.05, 4.69) is 41.5 Å². The Morgan fingerprint density at radius 1 is 0.762 bits per heavy atom. The molecule has 0 aromatic heterocycles. The molecule has 0 amide bonds. The molecule has 0 saturated heterocycles. The van der Waals surface area contributed by atoms with Crippen molar-refractivity contribution >= 4 is 0 Å². The average molecular weight is 297 g/mol. The molecule has 126 valence electrons. The van der Waals surface area contributed by atoms with Gasteiger partial charge in [-0.3, -0.25) is 0 Å². The van der Waals surface area contributed by atoms with Gasteiger partial charge in [-0.25, -0.2) is 0 Å². The monoisotopic (exact) mass is 296 g/mol. The van der Waals surface area contributed by atoms with Crippen LogP contribution >= 0.6 is 0 Å². The van der Waals surface area contributed by atoms with Gasteiger partial charge in [0.15, 0.2) is 0 Å². The second-order valence-corrected chi connectivity index (χ2v) is 9.43. The molecule has 0 radical (unpaired) electrons. The van der Waals surface area contributed by atoms with Gasteiger partial charge in [0, 0.05) is 0 Å². The van der Waals surface area contributed by atoms with Crippen molar-refractivity contribution in [3.05, 3.63) is 0 Å². The lowest BCUT2D eigenvalue weighted by Gasteiger charge is -2.42. The summed E-state index contributed by atoms with van der Waals surface area (Å²) in [4.78, 5) is 0. The van der Waals surface area contributed by atoms with Crippen molar-refractivity contribution in [1.82, 2.24) is 0 Å². The van der Waals surface area contributed by atoms with E-state index >= 15 is 0 Å². The quantitative estimate of drug-likeness (QED) is 0.465. The molecule has 1 saturated carbocycles. The lowest BCUT2D eigenvalue weighted by atomic mass is 9.80. The Balaban J connectivity index is 2.30. The summed E-state index contributed by atoms with van der Waals surface area (Å²) in [6, 6.07) is 0. The third-order valence-electron chi connectivity index (χ3n) is 4.60. The molecule has 1 rings (SSSR count). The zero-order valence-electron chi connectivity index (χ0n) is 15.7. The molecule has 0 bridgehead atoms. The van der Waals surface area contributed by atoms with Crippen LogP contribution in [0, 0.1) is 5.41 Å². The molecule has 0 aromatic carbocycles. The minimum atomic E-state index is 0.00355. The zero-order valence-corrected chi connectivity index (χ0v) is 15.7. The van der Waals surface area contributed by atoms with Gasteiger partial charge in [-0.05, 0) is 51.9 Å².